The molecule has 1 aliphatic heterocycles. The maximum Gasteiger partial charge on any atom is 0.220 e. The van der Waals surface area contributed by atoms with E-state index in [-0.39, 0.29) is 6.35 Å². The number of pyridine rings is 1. The summed E-state index contributed by atoms with van der Waals surface area (Å²) in [6.45, 7) is 7.00. The van der Waals surface area contributed by atoms with E-state index in [1.165, 1.54) is 11.1 Å². The lowest BCUT2D eigenvalue weighted by Crippen LogP contribution is -2.40. The first-order valence-electron chi connectivity index (χ1n) is 10.1. The summed E-state index contributed by atoms with van der Waals surface area (Å²) < 4.78 is 6.24. The van der Waals surface area contributed by atoms with Crippen molar-refractivity contribution >= 4 is 22.9 Å². The molecule has 4 heteroatoms. The second kappa shape index (κ2) is 8.03. The van der Waals surface area contributed by atoms with Crippen LogP contribution in [0, 0.1) is 0 Å². The molecular weight excluding hydrogens is 346 g/mol. The maximum atomic E-state index is 6.24. The molecule has 28 heavy (non-hydrogen) atoms. The van der Waals surface area contributed by atoms with Crippen LogP contribution < -0.4 is 9.80 Å². The van der Waals surface area contributed by atoms with Gasteiger partial charge in [-0.15, -0.1) is 0 Å². The lowest BCUT2D eigenvalue weighted by Gasteiger charge is -2.32. The first-order chi connectivity index (χ1) is 13.8. The first kappa shape index (κ1) is 18.5. The van der Waals surface area contributed by atoms with Gasteiger partial charge >= 0.3 is 0 Å². The Morgan fingerprint density at radius 2 is 1.36 bits per heavy atom. The van der Waals surface area contributed by atoms with Crippen LogP contribution in [0.25, 0.3) is 0 Å². The van der Waals surface area contributed by atoms with Gasteiger partial charge in [-0.1, -0.05) is 38.1 Å². The monoisotopic (exact) mass is 373 g/mol. The molecule has 2 aromatic carbocycles. The molecule has 4 rings (SSSR count). The Bertz CT molecular complexity index is 847. The van der Waals surface area contributed by atoms with Crippen LogP contribution in [-0.4, -0.2) is 17.9 Å². The quantitative estimate of drug-likeness (QED) is 0.545. The molecule has 1 unspecified atom stereocenters. The molecule has 2 heterocycles. The highest BCUT2D eigenvalue weighted by molar-refractivity contribution is 5.85. The van der Waals surface area contributed by atoms with Crippen LogP contribution in [0.2, 0.25) is 0 Å². The summed E-state index contributed by atoms with van der Waals surface area (Å²) in [5.74, 6) is 0.921. The number of fused-ring (bicyclic) bond motifs is 1. The van der Waals surface area contributed by atoms with Crippen molar-refractivity contribution in [1.82, 2.24) is 4.98 Å². The van der Waals surface area contributed by atoms with Gasteiger partial charge in [-0.3, -0.25) is 9.80 Å². The molecule has 0 saturated carbocycles. The van der Waals surface area contributed by atoms with E-state index in [1.54, 1.807) is 0 Å². The fraction of sp³-hybridized carbons (Fsp3) is 0.292. The minimum absolute atomic E-state index is 0.269. The van der Waals surface area contributed by atoms with Gasteiger partial charge in [0.2, 0.25) is 6.35 Å². The van der Waals surface area contributed by atoms with Crippen molar-refractivity contribution in [3.05, 3.63) is 78.0 Å². The summed E-state index contributed by atoms with van der Waals surface area (Å²) in [6.07, 6.45) is 3.64. The van der Waals surface area contributed by atoms with Gasteiger partial charge in [-0.05, 0) is 67.3 Å². The molecule has 0 N–H and O–H groups in total. The molecule has 144 valence electrons. The van der Waals surface area contributed by atoms with Crippen LogP contribution in [-0.2, 0) is 17.6 Å². The molecule has 0 amide bonds. The Hall–Kier alpha value is -2.85. The fourth-order valence-electron chi connectivity index (χ4n) is 3.70. The third-order valence-corrected chi connectivity index (χ3v) is 5.26. The zero-order valence-electron chi connectivity index (χ0n) is 16.8. The van der Waals surface area contributed by atoms with Gasteiger partial charge in [0.15, 0.2) is 5.82 Å². The Balaban J connectivity index is 1.81. The van der Waals surface area contributed by atoms with Crippen molar-refractivity contribution < 1.29 is 4.74 Å². The lowest BCUT2D eigenvalue weighted by atomic mass is 10.1. The van der Waals surface area contributed by atoms with Crippen LogP contribution in [0.3, 0.4) is 0 Å². The van der Waals surface area contributed by atoms with Crippen LogP contribution >= 0.6 is 0 Å². The number of hydrogen-bond donors (Lipinski definition) is 0. The van der Waals surface area contributed by atoms with Crippen molar-refractivity contribution in [2.24, 2.45) is 0 Å². The highest BCUT2D eigenvalue weighted by Gasteiger charge is 2.39. The number of ether oxygens (including phenoxy) is 1. The van der Waals surface area contributed by atoms with Crippen LogP contribution in [0.1, 0.15) is 31.9 Å². The molecule has 0 radical (unpaired) electrons. The smallest absolute Gasteiger partial charge is 0.220 e. The van der Waals surface area contributed by atoms with Crippen LogP contribution in [0.15, 0.2) is 66.9 Å². The Labute approximate surface area is 167 Å². The zero-order valence-corrected chi connectivity index (χ0v) is 16.8. The largest absolute Gasteiger partial charge is 0.340 e. The number of aromatic nitrogens is 1. The lowest BCUT2D eigenvalue weighted by molar-refractivity contribution is 0.0769. The Morgan fingerprint density at radius 3 is 1.89 bits per heavy atom. The number of rotatable bonds is 6. The minimum atomic E-state index is -0.269. The number of anilines is 4. The second-order valence-corrected chi connectivity index (χ2v) is 6.91. The van der Waals surface area contributed by atoms with E-state index < -0.39 is 0 Å². The van der Waals surface area contributed by atoms with Gasteiger partial charge in [-0.25, -0.2) is 4.98 Å². The summed E-state index contributed by atoms with van der Waals surface area (Å²) in [4.78, 5) is 9.13. The van der Waals surface area contributed by atoms with Gasteiger partial charge < -0.3 is 4.74 Å². The van der Waals surface area contributed by atoms with Crippen molar-refractivity contribution in [1.29, 1.82) is 0 Å². The van der Waals surface area contributed by atoms with Gasteiger partial charge in [0, 0.05) is 24.2 Å². The molecule has 0 fully saturated rings. The first-order valence-corrected chi connectivity index (χ1v) is 10.1. The van der Waals surface area contributed by atoms with Gasteiger partial charge in [0.25, 0.3) is 0 Å². The summed E-state index contributed by atoms with van der Waals surface area (Å²) in [6, 6.07) is 21.5. The molecule has 3 aromatic rings. The van der Waals surface area contributed by atoms with E-state index in [0.717, 1.165) is 35.7 Å². The highest BCUT2D eigenvalue weighted by atomic mass is 16.5. The molecule has 0 saturated heterocycles. The summed E-state index contributed by atoms with van der Waals surface area (Å²) in [7, 11) is 0. The molecule has 0 bridgehead atoms. The number of hydrogen-bond acceptors (Lipinski definition) is 4. The fourth-order valence-corrected chi connectivity index (χ4v) is 3.70. The molecule has 1 aromatic heterocycles. The summed E-state index contributed by atoms with van der Waals surface area (Å²) in [5, 5.41) is 0. The van der Waals surface area contributed by atoms with Crippen molar-refractivity contribution in [2.75, 3.05) is 16.4 Å². The topological polar surface area (TPSA) is 28.6 Å². The SMILES string of the molecule is CCOC1N(c2ccc(CC)cc2)c2cccnc2N1c1ccc(CC)cc1. The Kier molecular flexibility index (Phi) is 5.31. The zero-order chi connectivity index (χ0) is 19.5. The Morgan fingerprint density at radius 1 is 0.786 bits per heavy atom. The highest BCUT2D eigenvalue weighted by Crippen LogP contribution is 2.46. The van der Waals surface area contributed by atoms with Crippen LogP contribution in [0.5, 0.6) is 0 Å². The molecule has 1 atom stereocenters. The van der Waals surface area contributed by atoms with E-state index >= 15 is 0 Å². The number of nitrogens with zero attached hydrogens (tertiary/aromatic N) is 3. The van der Waals surface area contributed by atoms with E-state index in [0.29, 0.717) is 6.61 Å². The van der Waals surface area contributed by atoms with Gasteiger partial charge in [0.05, 0.1) is 5.69 Å². The van der Waals surface area contributed by atoms with Gasteiger partial charge in [0.1, 0.15) is 0 Å². The normalized spacial score (nSPS) is 15.8. The third kappa shape index (κ3) is 3.25. The van der Waals surface area contributed by atoms with E-state index in [1.807, 2.05) is 19.2 Å². The minimum Gasteiger partial charge on any atom is -0.340 e. The van der Waals surface area contributed by atoms with Crippen LogP contribution in [0.4, 0.5) is 22.9 Å². The van der Waals surface area contributed by atoms with E-state index in [9.17, 15) is 0 Å². The average molecular weight is 374 g/mol. The number of aryl methyl sites for hydroxylation is 2. The third-order valence-electron chi connectivity index (χ3n) is 5.26. The van der Waals surface area contributed by atoms with E-state index in [2.05, 4.69) is 78.2 Å². The molecule has 1 aliphatic rings. The predicted molar refractivity (Wildman–Crippen MR) is 116 cm³/mol. The predicted octanol–water partition coefficient (Wildman–Crippen LogP) is 5.82. The number of benzene rings is 2. The van der Waals surface area contributed by atoms with Crippen molar-refractivity contribution in [2.45, 2.75) is 40.0 Å². The van der Waals surface area contributed by atoms with E-state index in [4.69, 9.17) is 9.72 Å². The molecule has 4 nitrogen and oxygen atoms in total. The van der Waals surface area contributed by atoms with Crippen molar-refractivity contribution in [3.8, 4) is 0 Å². The molecule has 0 spiro atoms. The summed E-state index contributed by atoms with van der Waals surface area (Å²) in [5.41, 5.74) is 5.91. The molecule has 0 aliphatic carbocycles. The molecular formula is C24H27N3O. The average Bonchev–Trinajstić information content (AvgIpc) is 3.08. The maximum absolute atomic E-state index is 6.24. The second-order valence-electron chi connectivity index (χ2n) is 6.91. The summed E-state index contributed by atoms with van der Waals surface area (Å²) >= 11 is 0. The van der Waals surface area contributed by atoms with Crippen molar-refractivity contribution in [3.63, 3.8) is 0 Å². The standard InChI is InChI=1S/C24H27N3O/c1-4-18-9-13-20(14-10-18)26-22-8-7-17-25-23(22)27(24(26)28-6-3)21-15-11-19(5-2)12-16-21/h7-17,24H,4-6H2,1-3H3. The van der Waals surface area contributed by atoms with Gasteiger partial charge in [-0.2, -0.15) is 0 Å².